The average molecular weight is 215 g/mol. The van der Waals surface area contributed by atoms with E-state index in [1.165, 1.54) is 12.1 Å². The molecule has 1 aromatic carbocycles. The molecule has 1 heterocycles. The first-order chi connectivity index (χ1) is 6.63. The van der Waals surface area contributed by atoms with E-state index in [0.29, 0.717) is 5.02 Å². The Balaban J connectivity index is 2.02. The molecule has 0 aliphatic carbocycles. The van der Waals surface area contributed by atoms with Gasteiger partial charge in [-0.1, -0.05) is 11.6 Å². The summed E-state index contributed by atoms with van der Waals surface area (Å²) in [7, 11) is 0. The zero-order chi connectivity index (χ0) is 10.1. The summed E-state index contributed by atoms with van der Waals surface area (Å²) in [6, 6.07) is 4.89. The van der Waals surface area contributed by atoms with Crippen molar-refractivity contribution in [2.24, 2.45) is 5.73 Å². The van der Waals surface area contributed by atoms with E-state index < -0.39 is 0 Å². The lowest BCUT2D eigenvalue weighted by Gasteiger charge is -2.36. The van der Waals surface area contributed by atoms with Gasteiger partial charge in [0, 0.05) is 30.7 Å². The van der Waals surface area contributed by atoms with Crippen LogP contribution in [0.15, 0.2) is 18.2 Å². The molecule has 0 saturated carbocycles. The topological polar surface area (TPSA) is 29.3 Å². The van der Waals surface area contributed by atoms with Gasteiger partial charge >= 0.3 is 0 Å². The SMILES string of the molecule is NC1CN(Cc2cc(F)cc(Cl)c2)C1. The second-order valence-corrected chi connectivity index (χ2v) is 4.17. The molecule has 0 atom stereocenters. The fourth-order valence-corrected chi connectivity index (χ4v) is 1.94. The summed E-state index contributed by atoms with van der Waals surface area (Å²) >= 11 is 5.74. The van der Waals surface area contributed by atoms with Crippen molar-refractivity contribution in [2.45, 2.75) is 12.6 Å². The Bertz CT molecular complexity index is 317. The van der Waals surface area contributed by atoms with Crippen molar-refractivity contribution in [3.63, 3.8) is 0 Å². The smallest absolute Gasteiger partial charge is 0.125 e. The highest BCUT2D eigenvalue weighted by Crippen LogP contribution is 2.17. The molecule has 4 heteroatoms. The van der Waals surface area contributed by atoms with Gasteiger partial charge in [0.1, 0.15) is 5.82 Å². The first-order valence-corrected chi connectivity index (χ1v) is 4.94. The van der Waals surface area contributed by atoms with E-state index >= 15 is 0 Å². The number of nitrogens with zero attached hydrogens (tertiary/aromatic N) is 1. The van der Waals surface area contributed by atoms with Crippen molar-refractivity contribution in [1.29, 1.82) is 0 Å². The van der Waals surface area contributed by atoms with Crippen molar-refractivity contribution in [3.8, 4) is 0 Å². The van der Waals surface area contributed by atoms with E-state index in [1.54, 1.807) is 6.07 Å². The maximum Gasteiger partial charge on any atom is 0.125 e. The highest BCUT2D eigenvalue weighted by atomic mass is 35.5. The quantitative estimate of drug-likeness (QED) is 0.811. The van der Waals surface area contributed by atoms with Gasteiger partial charge in [-0.15, -0.1) is 0 Å². The lowest BCUT2D eigenvalue weighted by molar-refractivity contribution is 0.142. The Morgan fingerprint density at radius 3 is 2.71 bits per heavy atom. The number of hydrogen-bond donors (Lipinski definition) is 1. The van der Waals surface area contributed by atoms with E-state index in [2.05, 4.69) is 4.90 Å². The summed E-state index contributed by atoms with van der Waals surface area (Å²) in [5, 5.41) is 0.449. The Labute approximate surface area is 87.5 Å². The molecule has 0 bridgehead atoms. The molecule has 0 amide bonds. The van der Waals surface area contributed by atoms with Crippen molar-refractivity contribution in [1.82, 2.24) is 4.90 Å². The molecule has 1 aliphatic rings. The van der Waals surface area contributed by atoms with Crippen molar-refractivity contribution >= 4 is 11.6 Å². The van der Waals surface area contributed by atoms with Gasteiger partial charge in [-0.05, 0) is 23.8 Å². The zero-order valence-corrected chi connectivity index (χ0v) is 8.47. The highest BCUT2D eigenvalue weighted by molar-refractivity contribution is 6.30. The summed E-state index contributed by atoms with van der Waals surface area (Å²) < 4.78 is 12.9. The summed E-state index contributed by atoms with van der Waals surface area (Å²) in [4.78, 5) is 2.16. The Morgan fingerprint density at radius 2 is 2.14 bits per heavy atom. The molecule has 2 N–H and O–H groups in total. The first kappa shape index (κ1) is 9.90. The first-order valence-electron chi connectivity index (χ1n) is 4.56. The molecule has 2 rings (SSSR count). The van der Waals surface area contributed by atoms with Gasteiger partial charge < -0.3 is 5.73 Å². The normalized spacial score (nSPS) is 18.2. The monoisotopic (exact) mass is 214 g/mol. The third-order valence-electron chi connectivity index (χ3n) is 2.31. The molecule has 1 aromatic rings. The third kappa shape index (κ3) is 2.23. The maximum atomic E-state index is 12.9. The molecule has 1 saturated heterocycles. The molecule has 0 aromatic heterocycles. The molecular weight excluding hydrogens is 203 g/mol. The number of likely N-dealkylation sites (tertiary alicyclic amines) is 1. The van der Waals surface area contributed by atoms with Crippen LogP contribution in [0.3, 0.4) is 0 Å². The fourth-order valence-electron chi connectivity index (χ4n) is 1.70. The largest absolute Gasteiger partial charge is 0.325 e. The number of nitrogens with two attached hydrogens (primary N) is 1. The second kappa shape index (κ2) is 3.85. The van der Waals surface area contributed by atoms with Crippen LogP contribution >= 0.6 is 11.6 Å². The van der Waals surface area contributed by atoms with Gasteiger partial charge in [0.15, 0.2) is 0 Å². The molecule has 0 unspecified atom stereocenters. The predicted octanol–water partition coefficient (Wildman–Crippen LogP) is 1.62. The van der Waals surface area contributed by atoms with Crippen LogP contribution in [-0.4, -0.2) is 24.0 Å². The van der Waals surface area contributed by atoms with Crippen molar-refractivity contribution in [3.05, 3.63) is 34.6 Å². The van der Waals surface area contributed by atoms with Crippen LogP contribution in [0.1, 0.15) is 5.56 Å². The van der Waals surface area contributed by atoms with Gasteiger partial charge in [-0.25, -0.2) is 4.39 Å². The number of hydrogen-bond acceptors (Lipinski definition) is 2. The molecule has 76 valence electrons. The van der Waals surface area contributed by atoms with Crippen molar-refractivity contribution < 1.29 is 4.39 Å². The summed E-state index contributed by atoms with van der Waals surface area (Å²) in [6.07, 6.45) is 0. The Morgan fingerprint density at radius 1 is 1.43 bits per heavy atom. The van der Waals surface area contributed by atoms with Gasteiger partial charge in [0.25, 0.3) is 0 Å². The van der Waals surface area contributed by atoms with Gasteiger partial charge in [-0.3, -0.25) is 4.90 Å². The standard InChI is InChI=1S/C10H12ClFN2/c11-8-1-7(2-9(12)3-8)4-14-5-10(13)6-14/h1-3,10H,4-6,13H2. The highest BCUT2D eigenvalue weighted by Gasteiger charge is 2.22. The van der Waals surface area contributed by atoms with Crippen LogP contribution in [0.25, 0.3) is 0 Å². The lowest BCUT2D eigenvalue weighted by Crippen LogP contribution is -2.54. The van der Waals surface area contributed by atoms with Crippen LogP contribution < -0.4 is 5.73 Å². The molecule has 0 spiro atoms. The molecule has 2 nitrogen and oxygen atoms in total. The van der Waals surface area contributed by atoms with Crippen molar-refractivity contribution in [2.75, 3.05) is 13.1 Å². The molecule has 1 fully saturated rings. The molecule has 1 aliphatic heterocycles. The van der Waals surface area contributed by atoms with Crippen LogP contribution in [0.4, 0.5) is 4.39 Å². The minimum Gasteiger partial charge on any atom is -0.325 e. The molecule has 14 heavy (non-hydrogen) atoms. The number of benzene rings is 1. The van der Waals surface area contributed by atoms with E-state index in [4.69, 9.17) is 17.3 Å². The Hall–Kier alpha value is -0.640. The average Bonchev–Trinajstić information content (AvgIpc) is 1.99. The number of rotatable bonds is 2. The fraction of sp³-hybridized carbons (Fsp3) is 0.400. The van der Waals surface area contributed by atoms with E-state index in [-0.39, 0.29) is 11.9 Å². The number of halogens is 2. The summed E-state index contributed by atoms with van der Waals surface area (Å²) in [5.41, 5.74) is 6.55. The Kier molecular flexibility index (Phi) is 2.72. The molecular formula is C10H12ClFN2. The van der Waals surface area contributed by atoms with E-state index in [1.807, 2.05) is 0 Å². The van der Waals surface area contributed by atoms with Crippen LogP contribution in [-0.2, 0) is 6.54 Å². The third-order valence-corrected chi connectivity index (χ3v) is 2.53. The molecule has 0 radical (unpaired) electrons. The van der Waals surface area contributed by atoms with E-state index in [0.717, 1.165) is 25.2 Å². The van der Waals surface area contributed by atoms with Gasteiger partial charge in [0.2, 0.25) is 0 Å². The van der Waals surface area contributed by atoms with Crippen LogP contribution in [0.5, 0.6) is 0 Å². The van der Waals surface area contributed by atoms with Crippen LogP contribution in [0.2, 0.25) is 5.02 Å². The second-order valence-electron chi connectivity index (χ2n) is 3.73. The summed E-state index contributed by atoms with van der Waals surface area (Å²) in [5.74, 6) is -0.280. The van der Waals surface area contributed by atoms with E-state index in [9.17, 15) is 4.39 Å². The minimum atomic E-state index is -0.280. The lowest BCUT2D eigenvalue weighted by atomic mass is 10.1. The maximum absolute atomic E-state index is 12.9. The minimum absolute atomic E-state index is 0.277. The zero-order valence-electron chi connectivity index (χ0n) is 7.71. The van der Waals surface area contributed by atoms with Gasteiger partial charge in [0.05, 0.1) is 0 Å². The predicted molar refractivity (Wildman–Crippen MR) is 54.7 cm³/mol. The van der Waals surface area contributed by atoms with Gasteiger partial charge in [-0.2, -0.15) is 0 Å². The summed E-state index contributed by atoms with van der Waals surface area (Å²) in [6.45, 7) is 2.49. The van der Waals surface area contributed by atoms with Crippen LogP contribution in [0, 0.1) is 5.82 Å².